The van der Waals surface area contributed by atoms with E-state index < -0.39 is 49.8 Å². The fourth-order valence-electron chi connectivity index (χ4n) is 1.38. The van der Waals surface area contributed by atoms with Crippen molar-refractivity contribution in [1.82, 2.24) is 14.0 Å². The van der Waals surface area contributed by atoms with Crippen LogP contribution in [0.1, 0.15) is 11.1 Å². The molecule has 0 bridgehead atoms. The van der Waals surface area contributed by atoms with Crippen LogP contribution in [0.15, 0.2) is 15.9 Å². The Hall–Kier alpha value is -2.04. The van der Waals surface area contributed by atoms with Crippen LogP contribution in [0, 0.1) is 11.3 Å². The summed E-state index contributed by atoms with van der Waals surface area (Å²) in [7, 11) is -1.72. The molecule has 1 heterocycles. The summed E-state index contributed by atoms with van der Waals surface area (Å²) in [5.74, 6) is -1.66. The highest BCUT2D eigenvalue weighted by Crippen LogP contribution is 2.33. The maximum absolute atomic E-state index is 12.8. The summed E-state index contributed by atoms with van der Waals surface area (Å²) in [6.07, 6.45) is -4.93. The van der Waals surface area contributed by atoms with Crippen molar-refractivity contribution < 1.29 is 26.4 Å². The van der Waals surface area contributed by atoms with Crippen molar-refractivity contribution in [3.05, 3.63) is 27.5 Å². The number of amides is 1. The molecule has 0 fully saturated rings. The Labute approximate surface area is 138 Å². The van der Waals surface area contributed by atoms with Crippen molar-refractivity contribution in [2.45, 2.75) is 11.2 Å². The summed E-state index contributed by atoms with van der Waals surface area (Å²) in [5.41, 5.74) is -3.39. The van der Waals surface area contributed by atoms with Gasteiger partial charge in [0.25, 0.3) is 0 Å². The van der Waals surface area contributed by atoms with E-state index in [1.807, 2.05) is 4.98 Å². The molecule has 24 heavy (non-hydrogen) atoms. The molecule has 1 aromatic rings. The van der Waals surface area contributed by atoms with E-state index in [1.54, 1.807) is 4.72 Å². The van der Waals surface area contributed by atoms with Gasteiger partial charge >= 0.3 is 16.4 Å². The third-order valence-electron chi connectivity index (χ3n) is 2.50. The van der Waals surface area contributed by atoms with Gasteiger partial charge in [0.1, 0.15) is 6.07 Å². The summed E-state index contributed by atoms with van der Waals surface area (Å²) in [6, 6.07) is 1.55. The molecule has 0 saturated heterocycles. The van der Waals surface area contributed by atoms with E-state index in [9.17, 15) is 31.2 Å². The molecule has 1 amide bonds. The van der Waals surface area contributed by atoms with E-state index in [1.165, 1.54) is 20.2 Å². The fourth-order valence-corrected chi connectivity index (χ4v) is 2.84. The van der Waals surface area contributed by atoms with Crippen LogP contribution in [0.25, 0.3) is 0 Å². The van der Waals surface area contributed by atoms with E-state index in [-0.39, 0.29) is 6.07 Å². The average Bonchev–Trinajstić information content (AvgIpc) is 2.42. The van der Waals surface area contributed by atoms with Gasteiger partial charge < -0.3 is 4.98 Å². The molecular weight excluding hydrogens is 373 g/mol. The first kappa shape index (κ1) is 20.0. The molecule has 1 aromatic heterocycles. The zero-order chi connectivity index (χ0) is 18.7. The van der Waals surface area contributed by atoms with Crippen molar-refractivity contribution in [2.75, 3.05) is 19.8 Å². The van der Waals surface area contributed by atoms with Gasteiger partial charge in [-0.05, 0) is 0 Å². The van der Waals surface area contributed by atoms with Gasteiger partial charge in [-0.1, -0.05) is 11.8 Å². The normalized spacial score (nSPS) is 12.0. The molecule has 132 valence electrons. The lowest BCUT2D eigenvalue weighted by molar-refractivity contribution is -0.138. The summed E-state index contributed by atoms with van der Waals surface area (Å²) in [6.45, 7) is 0. The maximum atomic E-state index is 12.8. The minimum absolute atomic E-state index is 0.235. The van der Waals surface area contributed by atoms with Gasteiger partial charge in [0.05, 0.1) is 21.9 Å². The first-order valence-corrected chi connectivity index (χ1v) is 8.41. The van der Waals surface area contributed by atoms with Gasteiger partial charge in [-0.3, -0.25) is 9.59 Å². The number of carbonyl (C=O) groups is 1. The number of thioether (sulfide) groups is 1. The summed E-state index contributed by atoms with van der Waals surface area (Å²) < 4.78 is 63.8. The topological polar surface area (TPSA) is 123 Å². The highest BCUT2D eigenvalue weighted by Gasteiger charge is 2.35. The molecule has 2 N–H and O–H groups in total. The molecule has 0 aliphatic heterocycles. The highest BCUT2D eigenvalue weighted by atomic mass is 32.2. The second kappa shape index (κ2) is 7.24. The molecule has 1 rings (SSSR count). The van der Waals surface area contributed by atoms with Crippen molar-refractivity contribution in [3.8, 4) is 6.07 Å². The molecule has 8 nitrogen and oxygen atoms in total. The second-order valence-electron chi connectivity index (χ2n) is 4.46. The van der Waals surface area contributed by atoms with E-state index >= 15 is 0 Å². The lowest BCUT2D eigenvalue weighted by Gasteiger charge is -2.13. The van der Waals surface area contributed by atoms with Crippen LogP contribution in [0.4, 0.5) is 13.2 Å². The van der Waals surface area contributed by atoms with E-state index in [4.69, 9.17) is 5.26 Å². The smallest absolute Gasteiger partial charge is 0.316 e. The first-order valence-electron chi connectivity index (χ1n) is 5.99. The van der Waals surface area contributed by atoms with Gasteiger partial charge in [-0.25, -0.2) is 4.72 Å². The SMILES string of the molecule is CN(C)S(=O)(=O)NC(=O)CSc1[nH]c(=O)cc(C(F)(F)F)c1C#N. The lowest BCUT2D eigenvalue weighted by atomic mass is 10.1. The van der Waals surface area contributed by atoms with Crippen molar-refractivity contribution in [3.63, 3.8) is 0 Å². The highest BCUT2D eigenvalue weighted by molar-refractivity contribution is 8.00. The lowest BCUT2D eigenvalue weighted by Crippen LogP contribution is -2.40. The number of aromatic nitrogens is 1. The Kier molecular flexibility index (Phi) is 6.04. The largest absolute Gasteiger partial charge is 0.417 e. The number of nitrogens with zero attached hydrogens (tertiary/aromatic N) is 2. The van der Waals surface area contributed by atoms with Crippen LogP contribution in [0.2, 0.25) is 0 Å². The summed E-state index contributed by atoms with van der Waals surface area (Å²) in [4.78, 5) is 24.9. The Morgan fingerprint density at radius 3 is 2.50 bits per heavy atom. The number of halogens is 3. The number of aromatic amines is 1. The maximum Gasteiger partial charge on any atom is 0.417 e. The van der Waals surface area contributed by atoms with E-state index in [0.717, 1.165) is 4.31 Å². The fraction of sp³-hybridized carbons (Fsp3) is 0.364. The summed E-state index contributed by atoms with van der Waals surface area (Å²) >= 11 is 0.404. The van der Waals surface area contributed by atoms with Gasteiger partial charge in [-0.15, -0.1) is 0 Å². The van der Waals surface area contributed by atoms with Crippen LogP contribution < -0.4 is 10.3 Å². The standard InChI is InChI=1S/C11H11F3N4O4S2/c1-18(2)24(21,22)17-9(20)5-23-10-6(4-15)7(11(12,13)14)3-8(19)16-10/h3H,5H2,1-2H3,(H,16,19)(H,17,20). The predicted molar refractivity (Wildman–Crippen MR) is 78.3 cm³/mol. The van der Waals surface area contributed by atoms with Crippen molar-refractivity contribution in [2.24, 2.45) is 0 Å². The third-order valence-corrected chi connectivity index (χ3v) is 4.95. The number of carbonyl (C=O) groups excluding carboxylic acids is 1. The first-order chi connectivity index (χ1) is 10.9. The molecule has 0 aliphatic carbocycles. The van der Waals surface area contributed by atoms with Crippen LogP contribution in [0.3, 0.4) is 0 Å². The molecule has 0 saturated carbocycles. The van der Waals surface area contributed by atoms with Crippen LogP contribution in [0.5, 0.6) is 0 Å². The zero-order valence-electron chi connectivity index (χ0n) is 12.3. The van der Waals surface area contributed by atoms with Crippen molar-refractivity contribution >= 4 is 27.9 Å². The van der Waals surface area contributed by atoms with Gasteiger partial charge in [0.2, 0.25) is 11.5 Å². The number of rotatable bonds is 5. The molecule has 0 aliphatic rings. The van der Waals surface area contributed by atoms with E-state index in [2.05, 4.69) is 0 Å². The molecule has 0 atom stereocenters. The average molecular weight is 384 g/mol. The Morgan fingerprint density at radius 1 is 1.46 bits per heavy atom. The second-order valence-corrected chi connectivity index (χ2v) is 7.33. The zero-order valence-corrected chi connectivity index (χ0v) is 13.9. The number of H-pyrrole nitrogens is 1. The molecule has 0 radical (unpaired) electrons. The van der Waals surface area contributed by atoms with Gasteiger partial charge in [0.15, 0.2) is 0 Å². The van der Waals surface area contributed by atoms with Crippen molar-refractivity contribution in [1.29, 1.82) is 5.26 Å². The number of pyridine rings is 1. The monoisotopic (exact) mass is 384 g/mol. The van der Waals surface area contributed by atoms with Gasteiger partial charge in [-0.2, -0.15) is 31.2 Å². The Bertz CT molecular complexity index is 840. The Balaban J connectivity index is 3.06. The number of hydrogen-bond acceptors (Lipinski definition) is 6. The number of alkyl halides is 3. The van der Waals surface area contributed by atoms with E-state index in [0.29, 0.717) is 11.8 Å². The number of hydrogen-bond donors (Lipinski definition) is 2. The minimum Gasteiger partial charge on any atom is -0.316 e. The van der Waals surface area contributed by atoms with Gasteiger partial charge in [0, 0.05) is 20.2 Å². The quantitative estimate of drug-likeness (QED) is 0.703. The molecule has 0 unspecified atom stereocenters. The summed E-state index contributed by atoms with van der Waals surface area (Å²) in [5, 5.41) is 8.41. The molecular formula is C11H11F3N4O4S2. The van der Waals surface area contributed by atoms with Crippen LogP contribution in [-0.2, 0) is 21.2 Å². The molecule has 0 aromatic carbocycles. The number of nitrogens with one attached hydrogen (secondary N) is 2. The minimum atomic E-state index is -4.93. The Morgan fingerprint density at radius 2 is 2.04 bits per heavy atom. The van der Waals surface area contributed by atoms with Crippen LogP contribution in [-0.4, -0.2) is 43.5 Å². The molecule has 0 spiro atoms. The predicted octanol–water partition coefficient (Wildman–Crippen LogP) is 0.280. The third kappa shape index (κ3) is 4.98. The van der Waals surface area contributed by atoms with Crippen LogP contribution >= 0.6 is 11.8 Å². The number of nitriles is 1. The molecule has 13 heteroatoms.